The quantitative estimate of drug-likeness (QED) is 0.882. The van der Waals surface area contributed by atoms with Gasteiger partial charge < -0.3 is 19.9 Å². The van der Waals surface area contributed by atoms with Gasteiger partial charge in [0.25, 0.3) is 0 Å². The summed E-state index contributed by atoms with van der Waals surface area (Å²) in [6.07, 6.45) is -0.315. The Morgan fingerprint density at radius 1 is 1.28 bits per heavy atom. The molecule has 1 aliphatic heterocycles. The molecule has 1 aromatic heterocycles. The zero-order valence-electron chi connectivity index (χ0n) is 15.7. The van der Waals surface area contributed by atoms with Crippen molar-refractivity contribution in [3.63, 3.8) is 0 Å². The minimum absolute atomic E-state index is 0.0388. The lowest BCUT2D eigenvalue weighted by atomic mass is 10.2. The van der Waals surface area contributed by atoms with E-state index in [1.165, 1.54) is 0 Å². The Morgan fingerprint density at radius 2 is 1.88 bits per heavy atom. The average molecular weight is 369 g/mol. The van der Waals surface area contributed by atoms with Crippen molar-refractivity contribution < 1.29 is 14.3 Å². The van der Waals surface area contributed by atoms with Crippen LogP contribution in [0.25, 0.3) is 0 Å². The third kappa shape index (κ3) is 5.97. The van der Waals surface area contributed by atoms with Crippen molar-refractivity contribution in [2.45, 2.75) is 46.3 Å². The standard InChI is InChI=1S/C17H28N4O3S/c1-12(14-11-25-13(2)19-14)18-10-15(22)20-6-8-21(9-7-20)16(23)24-17(3,4)5/h11-12,18H,6-10H2,1-5H3. The van der Waals surface area contributed by atoms with Gasteiger partial charge in [-0.05, 0) is 34.6 Å². The fourth-order valence-electron chi connectivity index (χ4n) is 2.50. The van der Waals surface area contributed by atoms with E-state index in [1.807, 2.05) is 40.0 Å². The summed E-state index contributed by atoms with van der Waals surface area (Å²) < 4.78 is 5.37. The summed E-state index contributed by atoms with van der Waals surface area (Å²) in [7, 11) is 0. The molecule has 0 saturated carbocycles. The van der Waals surface area contributed by atoms with Crippen molar-refractivity contribution in [2.24, 2.45) is 0 Å². The largest absolute Gasteiger partial charge is 0.444 e. The summed E-state index contributed by atoms with van der Waals surface area (Å²) in [5.41, 5.74) is 0.461. The summed E-state index contributed by atoms with van der Waals surface area (Å²) in [6.45, 7) is 11.9. The predicted molar refractivity (Wildman–Crippen MR) is 97.7 cm³/mol. The first-order valence-electron chi connectivity index (χ1n) is 8.57. The van der Waals surface area contributed by atoms with Gasteiger partial charge >= 0.3 is 6.09 Å². The van der Waals surface area contributed by atoms with Gasteiger partial charge in [-0.3, -0.25) is 4.79 Å². The highest BCUT2D eigenvalue weighted by atomic mass is 32.1. The van der Waals surface area contributed by atoms with Crippen molar-refractivity contribution in [1.29, 1.82) is 0 Å². The number of rotatable bonds is 4. The summed E-state index contributed by atoms with van der Waals surface area (Å²) >= 11 is 1.61. The number of aromatic nitrogens is 1. The van der Waals surface area contributed by atoms with Gasteiger partial charge in [-0.2, -0.15) is 0 Å². The van der Waals surface area contributed by atoms with E-state index in [-0.39, 0.29) is 24.6 Å². The Balaban J connectivity index is 1.74. The maximum absolute atomic E-state index is 12.4. The van der Waals surface area contributed by atoms with Crippen molar-refractivity contribution in [3.05, 3.63) is 16.1 Å². The molecule has 2 amide bonds. The molecule has 0 bridgehead atoms. The number of hydrogen-bond acceptors (Lipinski definition) is 6. The Labute approximate surface area is 153 Å². The molecule has 8 heteroatoms. The van der Waals surface area contributed by atoms with Gasteiger partial charge in [-0.25, -0.2) is 9.78 Å². The van der Waals surface area contributed by atoms with Crippen molar-refractivity contribution in [2.75, 3.05) is 32.7 Å². The summed E-state index contributed by atoms with van der Waals surface area (Å²) in [5.74, 6) is 0.0441. The van der Waals surface area contributed by atoms with Crippen LogP contribution < -0.4 is 5.32 Å². The van der Waals surface area contributed by atoms with Crippen LogP contribution in [-0.4, -0.2) is 65.1 Å². The number of amides is 2. The van der Waals surface area contributed by atoms with Crippen LogP contribution in [0.5, 0.6) is 0 Å². The van der Waals surface area contributed by atoms with Crippen LogP contribution in [-0.2, 0) is 9.53 Å². The van der Waals surface area contributed by atoms with Crippen molar-refractivity contribution in [3.8, 4) is 0 Å². The number of nitrogens with one attached hydrogen (secondary N) is 1. The van der Waals surface area contributed by atoms with Crippen molar-refractivity contribution >= 4 is 23.3 Å². The topological polar surface area (TPSA) is 74.8 Å². The number of carbonyl (C=O) groups excluding carboxylic acids is 2. The molecule has 1 saturated heterocycles. The monoisotopic (exact) mass is 368 g/mol. The first-order valence-corrected chi connectivity index (χ1v) is 9.45. The molecule has 2 heterocycles. The molecule has 0 aliphatic carbocycles. The minimum Gasteiger partial charge on any atom is -0.444 e. The van der Waals surface area contributed by atoms with Crippen LogP contribution in [0.15, 0.2) is 5.38 Å². The van der Waals surface area contributed by atoms with E-state index in [2.05, 4.69) is 10.3 Å². The molecular formula is C17H28N4O3S. The highest BCUT2D eigenvalue weighted by molar-refractivity contribution is 7.09. The highest BCUT2D eigenvalue weighted by Gasteiger charge is 2.27. The molecule has 7 nitrogen and oxygen atoms in total. The van der Waals surface area contributed by atoms with Gasteiger partial charge in [0.15, 0.2) is 0 Å². The average Bonchev–Trinajstić information content (AvgIpc) is 2.97. The Bertz CT molecular complexity index is 603. The molecule has 0 radical (unpaired) electrons. The molecule has 1 aromatic rings. The second kappa shape index (κ2) is 8.14. The smallest absolute Gasteiger partial charge is 0.410 e. The molecule has 1 fully saturated rings. The minimum atomic E-state index is -0.502. The summed E-state index contributed by atoms with van der Waals surface area (Å²) in [6, 6.07) is 0.0388. The number of thiazole rings is 1. The second-order valence-corrected chi connectivity index (χ2v) is 8.30. The van der Waals surface area contributed by atoms with Gasteiger partial charge in [0.2, 0.25) is 5.91 Å². The van der Waals surface area contributed by atoms with Gasteiger partial charge in [0.05, 0.1) is 17.2 Å². The molecule has 2 rings (SSSR count). The molecule has 1 N–H and O–H groups in total. The van der Waals surface area contributed by atoms with E-state index in [4.69, 9.17) is 4.74 Å². The summed E-state index contributed by atoms with van der Waals surface area (Å²) in [5, 5.41) is 6.25. The van der Waals surface area contributed by atoms with Gasteiger partial charge in [-0.15, -0.1) is 11.3 Å². The number of nitrogens with zero attached hydrogens (tertiary/aromatic N) is 3. The van der Waals surface area contributed by atoms with E-state index in [9.17, 15) is 9.59 Å². The van der Waals surface area contributed by atoms with E-state index in [0.29, 0.717) is 26.2 Å². The van der Waals surface area contributed by atoms with E-state index < -0.39 is 5.60 Å². The second-order valence-electron chi connectivity index (χ2n) is 7.24. The number of carbonyl (C=O) groups is 2. The third-order valence-electron chi connectivity index (χ3n) is 3.92. The molecule has 140 valence electrons. The number of piperazine rings is 1. The van der Waals surface area contributed by atoms with E-state index in [1.54, 1.807) is 21.1 Å². The maximum atomic E-state index is 12.4. The molecule has 1 aliphatic rings. The van der Waals surface area contributed by atoms with Crippen molar-refractivity contribution in [1.82, 2.24) is 20.1 Å². The molecule has 0 aromatic carbocycles. The van der Waals surface area contributed by atoms with Crippen LogP contribution in [0.2, 0.25) is 0 Å². The lowest BCUT2D eigenvalue weighted by Crippen LogP contribution is -2.53. The lowest BCUT2D eigenvalue weighted by Gasteiger charge is -2.35. The zero-order valence-corrected chi connectivity index (χ0v) is 16.5. The fraction of sp³-hybridized carbons (Fsp3) is 0.706. The Kier molecular flexibility index (Phi) is 6.40. The first kappa shape index (κ1) is 19.7. The van der Waals surface area contributed by atoms with E-state index >= 15 is 0 Å². The van der Waals surface area contributed by atoms with Crippen LogP contribution >= 0.6 is 11.3 Å². The van der Waals surface area contributed by atoms with Gasteiger partial charge in [0, 0.05) is 37.6 Å². The van der Waals surface area contributed by atoms with Crippen LogP contribution in [0.1, 0.15) is 44.4 Å². The summed E-state index contributed by atoms with van der Waals surface area (Å²) in [4.78, 5) is 32.3. The molecular weight excluding hydrogens is 340 g/mol. The lowest BCUT2D eigenvalue weighted by molar-refractivity contribution is -0.132. The Morgan fingerprint density at radius 3 is 2.40 bits per heavy atom. The van der Waals surface area contributed by atoms with Crippen LogP contribution in [0.4, 0.5) is 4.79 Å². The number of hydrogen-bond donors (Lipinski definition) is 1. The molecule has 1 atom stereocenters. The van der Waals surface area contributed by atoms with Gasteiger partial charge in [-0.1, -0.05) is 0 Å². The Hall–Kier alpha value is -1.67. The predicted octanol–water partition coefficient (Wildman–Crippen LogP) is 2.18. The number of ether oxygens (including phenoxy) is 1. The van der Waals surface area contributed by atoms with Crippen LogP contribution in [0, 0.1) is 6.92 Å². The SMILES string of the molecule is Cc1nc(C(C)NCC(=O)N2CCN(C(=O)OC(C)(C)C)CC2)cs1. The maximum Gasteiger partial charge on any atom is 0.410 e. The van der Waals surface area contributed by atoms with E-state index in [0.717, 1.165) is 10.7 Å². The first-order chi connectivity index (χ1) is 11.7. The third-order valence-corrected chi connectivity index (χ3v) is 4.72. The highest BCUT2D eigenvalue weighted by Crippen LogP contribution is 2.16. The van der Waals surface area contributed by atoms with Crippen LogP contribution in [0.3, 0.4) is 0 Å². The molecule has 0 spiro atoms. The normalized spacial score (nSPS) is 16.7. The fourth-order valence-corrected chi connectivity index (χ4v) is 3.21. The zero-order chi connectivity index (χ0) is 18.6. The van der Waals surface area contributed by atoms with Gasteiger partial charge in [0.1, 0.15) is 5.60 Å². The number of aryl methyl sites for hydroxylation is 1. The molecule has 25 heavy (non-hydrogen) atoms. The molecule has 1 unspecified atom stereocenters.